The van der Waals surface area contributed by atoms with E-state index < -0.39 is 0 Å². The Hall–Kier alpha value is -1.59. The van der Waals surface area contributed by atoms with Crippen LogP contribution in [-0.4, -0.2) is 16.8 Å². The van der Waals surface area contributed by atoms with Gasteiger partial charge in [0.1, 0.15) is 11.3 Å². The van der Waals surface area contributed by atoms with Crippen LogP contribution in [0.1, 0.15) is 23.8 Å². The minimum atomic E-state index is 0.199. The van der Waals surface area contributed by atoms with E-state index >= 15 is 0 Å². The van der Waals surface area contributed by atoms with Crippen LogP contribution in [0, 0.1) is 0 Å². The maximum Gasteiger partial charge on any atom is 0.148 e. The van der Waals surface area contributed by atoms with Gasteiger partial charge in [-0.25, -0.2) is 0 Å². The molecule has 21 heavy (non-hydrogen) atoms. The number of fused-ring (bicyclic) bond motifs is 1. The second-order valence-electron chi connectivity index (χ2n) is 5.21. The predicted molar refractivity (Wildman–Crippen MR) is 87.2 cm³/mol. The van der Waals surface area contributed by atoms with E-state index in [1.165, 1.54) is 5.56 Å². The highest BCUT2D eigenvalue weighted by atomic mass is 79.9. The van der Waals surface area contributed by atoms with E-state index in [9.17, 15) is 0 Å². The first-order valence-corrected chi connectivity index (χ1v) is 7.79. The fourth-order valence-corrected chi connectivity index (χ4v) is 3.02. The van der Waals surface area contributed by atoms with E-state index in [1.807, 2.05) is 37.1 Å². The second kappa shape index (κ2) is 6.03. The third-order valence-electron chi connectivity index (χ3n) is 3.69. The summed E-state index contributed by atoms with van der Waals surface area (Å²) in [5.74, 6) is 0.975. The van der Waals surface area contributed by atoms with Crippen molar-refractivity contribution in [3.05, 3.63) is 52.5 Å². The van der Waals surface area contributed by atoms with Gasteiger partial charge in [-0.3, -0.25) is 4.68 Å². The Morgan fingerprint density at radius 2 is 2.29 bits per heavy atom. The molecule has 0 saturated carbocycles. The van der Waals surface area contributed by atoms with Gasteiger partial charge in [0.05, 0.1) is 16.7 Å². The van der Waals surface area contributed by atoms with E-state index in [-0.39, 0.29) is 6.04 Å². The maximum atomic E-state index is 6.02. The fourth-order valence-electron chi connectivity index (χ4n) is 2.56. The van der Waals surface area contributed by atoms with Gasteiger partial charge in [-0.1, -0.05) is 12.1 Å². The molecule has 0 bridgehead atoms. The van der Waals surface area contributed by atoms with Crippen LogP contribution >= 0.6 is 15.9 Å². The molecule has 1 unspecified atom stereocenters. The smallest absolute Gasteiger partial charge is 0.148 e. The van der Waals surface area contributed by atoms with Crippen LogP contribution < -0.4 is 5.32 Å². The zero-order valence-electron chi connectivity index (χ0n) is 12.1. The summed E-state index contributed by atoms with van der Waals surface area (Å²) in [7, 11) is 3.91. The number of halogens is 1. The average Bonchev–Trinajstić information content (AvgIpc) is 3.07. The van der Waals surface area contributed by atoms with Crippen molar-refractivity contribution >= 4 is 26.9 Å². The number of rotatable bonds is 5. The molecule has 0 saturated heterocycles. The van der Waals surface area contributed by atoms with Crippen molar-refractivity contribution in [1.82, 2.24) is 15.1 Å². The molecule has 0 aliphatic heterocycles. The third kappa shape index (κ3) is 3.04. The number of nitrogens with one attached hydrogen (secondary N) is 1. The van der Waals surface area contributed by atoms with E-state index in [4.69, 9.17) is 4.42 Å². The summed E-state index contributed by atoms with van der Waals surface area (Å²) >= 11 is 3.53. The van der Waals surface area contributed by atoms with Crippen molar-refractivity contribution in [1.29, 1.82) is 0 Å². The van der Waals surface area contributed by atoms with Crippen molar-refractivity contribution in [3.8, 4) is 0 Å². The van der Waals surface area contributed by atoms with E-state index in [0.717, 1.165) is 34.0 Å². The molecular formula is C16H18BrN3O. The zero-order chi connectivity index (χ0) is 14.8. The molecule has 0 radical (unpaired) electrons. The first-order valence-electron chi connectivity index (χ1n) is 7.00. The van der Waals surface area contributed by atoms with Crippen LogP contribution in [0.2, 0.25) is 0 Å². The SMILES string of the molecule is CNC(CCc1cnn(C)c1)c1cc2cccc(Br)c2o1. The Morgan fingerprint density at radius 3 is 2.95 bits per heavy atom. The van der Waals surface area contributed by atoms with Crippen molar-refractivity contribution in [2.45, 2.75) is 18.9 Å². The Labute approximate surface area is 132 Å². The van der Waals surface area contributed by atoms with Crippen LogP contribution in [-0.2, 0) is 13.5 Å². The highest BCUT2D eigenvalue weighted by Crippen LogP contribution is 2.31. The topological polar surface area (TPSA) is 43.0 Å². The van der Waals surface area contributed by atoms with Gasteiger partial charge < -0.3 is 9.73 Å². The molecule has 1 aromatic carbocycles. The molecule has 0 aliphatic carbocycles. The fraction of sp³-hybridized carbons (Fsp3) is 0.312. The van der Waals surface area contributed by atoms with Gasteiger partial charge in [0.25, 0.3) is 0 Å². The number of furan rings is 1. The zero-order valence-corrected chi connectivity index (χ0v) is 13.7. The molecule has 110 valence electrons. The van der Waals surface area contributed by atoms with Gasteiger partial charge in [0, 0.05) is 18.6 Å². The summed E-state index contributed by atoms with van der Waals surface area (Å²) in [5, 5.41) is 8.67. The molecule has 5 heteroatoms. The average molecular weight is 348 g/mol. The highest BCUT2D eigenvalue weighted by Gasteiger charge is 2.16. The molecule has 0 amide bonds. The maximum absolute atomic E-state index is 6.02. The summed E-state index contributed by atoms with van der Waals surface area (Å²) in [6.45, 7) is 0. The summed E-state index contributed by atoms with van der Waals surface area (Å²) < 4.78 is 8.84. The minimum Gasteiger partial charge on any atom is -0.458 e. The molecule has 1 N–H and O–H groups in total. The number of hydrogen-bond acceptors (Lipinski definition) is 3. The Kier molecular flexibility index (Phi) is 4.12. The van der Waals surface area contributed by atoms with Crippen LogP contribution in [0.5, 0.6) is 0 Å². The van der Waals surface area contributed by atoms with Gasteiger partial charge in [-0.15, -0.1) is 0 Å². The van der Waals surface area contributed by atoms with E-state index in [2.05, 4.69) is 44.7 Å². The molecule has 4 nitrogen and oxygen atoms in total. The minimum absolute atomic E-state index is 0.199. The third-order valence-corrected chi connectivity index (χ3v) is 4.31. The molecule has 2 heterocycles. The summed E-state index contributed by atoms with van der Waals surface area (Å²) in [4.78, 5) is 0. The monoisotopic (exact) mass is 347 g/mol. The van der Waals surface area contributed by atoms with Gasteiger partial charge in [0.2, 0.25) is 0 Å². The summed E-state index contributed by atoms with van der Waals surface area (Å²) in [6, 6.07) is 8.41. The molecule has 0 spiro atoms. The Morgan fingerprint density at radius 1 is 1.43 bits per heavy atom. The van der Waals surface area contributed by atoms with Crippen molar-refractivity contribution in [2.24, 2.45) is 7.05 Å². The molecule has 0 aliphatic rings. The lowest BCUT2D eigenvalue weighted by Crippen LogP contribution is -2.16. The van der Waals surface area contributed by atoms with Crippen LogP contribution in [0.3, 0.4) is 0 Å². The lowest BCUT2D eigenvalue weighted by atomic mass is 10.1. The van der Waals surface area contributed by atoms with Crippen molar-refractivity contribution < 1.29 is 4.42 Å². The largest absolute Gasteiger partial charge is 0.458 e. The van der Waals surface area contributed by atoms with Gasteiger partial charge in [-0.2, -0.15) is 5.10 Å². The van der Waals surface area contributed by atoms with E-state index in [1.54, 1.807) is 0 Å². The van der Waals surface area contributed by atoms with Crippen LogP contribution in [0.15, 0.2) is 45.5 Å². The molecule has 2 aromatic heterocycles. The van der Waals surface area contributed by atoms with Gasteiger partial charge >= 0.3 is 0 Å². The number of benzene rings is 1. The van der Waals surface area contributed by atoms with Crippen LogP contribution in [0.25, 0.3) is 11.0 Å². The first kappa shape index (κ1) is 14.4. The number of hydrogen-bond donors (Lipinski definition) is 1. The molecule has 1 atom stereocenters. The van der Waals surface area contributed by atoms with Crippen molar-refractivity contribution in [3.63, 3.8) is 0 Å². The molecule has 3 aromatic rings. The molecule has 0 fully saturated rings. The predicted octanol–water partition coefficient (Wildman–Crippen LogP) is 3.82. The highest BCUT2D eigenvalue weighted by molar-refractivity contribution is 9.10. The first-order chi connectivity index (χ1) is 10.2. The number of nitrogens with zero attached hydrogens (tertiary/aromatic N) is 2. The Balaban J connectivity index is 1.79. The second-order valence-corrected chi connectivity index (χ2v) is 6.06. The van der Waals surface area contributed by atoms with E-state index in [0.29, 0.717) is 0 Å². The normalized spacial score (nSPS) is 12.9. The van der Waals surface area contributed by atoms with Gasteiger partial charge in [-0.05, 0) is 53.5 Å². The number of aromatic nitrogens is 2. The molecule has 3 rings (SSSR count). The molecular weight excluding hydrogens is 330 g/mol. The number of para-hydroxylation sites is 1. The summed E-state index contributed by atoms with van der Waals surface area (Å²) in [6.07, 6.45) is 5.92. The lowest BCUT2D eigenvalue weighted by molar-refractivity contribution is 0.432. The summed E-state index contributed by atoms with van der Waals surface area (Å²) in [5.41, 5.74) is 2.16. The quantitative estimate of drug-likeness (QED) is 0.762. The number of aryl methyl sites for hydroxylation is 2. The van der Waals surface area contributed by atoms with Crippen LogP contribution in [0.4, 0.5) is 0 Å². The van der Waals surface area contributed by atoms with Crippen molar-refractivity contribution in [2.75, 3.05) is 7.05 Å². The van der Waals surface area contributed by atoms with Gasteiger partial charge in [0.15, 0.2) is 0 Å². The standard InChI is InChI=1S/C16H18BrN3O/c1-18-14(7-6-11-9-19-20(2)10-11)15-8-12-4-3-5-13(17)16(12)21-15/h3-5,8-10,14,18H,6-7H2,1-2H3. The lowest BCUT2D eigenvalue weighted by Gasteiger charge is -2.12. The Bertz CT molecular complexity index is 747.